The van der Waals surface area contributed by atoms with Gasteiger partial charge in [-0.25, -0.2) is 15.0 Å². The summed E-state index contributed by atoms with van der Waals surface area (Å²) in [5.41, 5.74) is 6.44. The summed E-state index contributed by atoms with van der Waals surface area (Å²) < 4.78 is 17.3. The summed E-state index contributed by atoms with van der Waals surface area (Å²) in [6.07, 6.45) is 4.18. The van der Waals surface area contributed by atoms with Crippen LogP contribution in [0, 0.1) is 6.92 Å². The fourth-order valence-corrected chi connectivity index (χ4v) is 5.31. The molecular formula is C27H28N6O3. The molecule has 7 rings (SSSR count). The number of benzene rings is 1. The number of ether oxygens (including phenoxy) is 2. The van der Waals surface area contributed by atoms with Gasteiger partial charge in [0.05, 0.1) is 24.7 Å². The van der Waals surface area contributed by atoms with Crippen molar-refractivity contribution in [1.82, 2.24) is 24.8 Å². The molecule has 2 fully saturated rings. The zero-order chi connectivity index (χ0) is 24.2. The summed E-state index contributed by atoms with van der Waals surface area (Å²) in [7, 11) is 1.77. The summed E-state index contributed by atoms with van der Waals surface area (Å²) in [5, 5.41) is 2.02. The monoisotopic (exact) mass is 484 g/mol. The molecule has 184 valence electrons. The number of likely N-dealkylation sites (tertiary alicyclic amines) is 1. The minimum Gasteiger partial charge on any atom is -0.432 e. The van der Waals surface area contributed by atoms with E-state index in [1.807, 2.05) is 12.4 Å². The smallest absolute Gasteiger partial charge is 0.229 e. The Kier molecular flexibility index (Phi) is 5.16. The molecule has 0 saturated carbocycles. The number of aryl methyl sites for hydroxylation is 1. The lowest BCUT2D eigenvalue weighted by Crippen LogP contribution is -2.50. The van der Waals surface area contributed by atoms with Gasteiger partial charge in [0.25, 0.3) is 0 Å². The van der Waals surface area contributed by atoms with Crippen molar-refractivity contribution in [1.29, 1.82) is 0 Å². The number of nitrogens with zero attached hydrogens (tertiary/aromatic N) is 5. The number of hydrogen-bond acceptors (Lipinski definition) is 8. The molecule has 0 amide bonds. The number of fused-ring (bicyclic) bond motifs is 4. The summed E-state index contributed by atoms with van der Waals surface area (Å²) in [4.78, 5) is 22.8. The number of pyridine rings is 1. The van der Waals surface area contributed by atoms with Crippen LogP contribution >= 0.6 is 0 Å². The van der Waals surface area contributed by atoms with Crippen LogP contribution in [0.3, 0.4) is 0 Å². The molecule has 1 N–H and O–H groups in total. The highest BCUT2D eigenvalue weighted by Gasteiger charge is 2.27. The van der Waals surface area contributed by atoms with Gasteiger partial charge in [0.15, 0.2) is 17.2 Å². The fraction of sp³-hybridized carbons (Fsp3) is 0.370. The van der Waals surface area contributed by atoms with Crippen molar-refractivity contribution >= 4 is 38.9 Å². The second-order valence-electron chi connectivity index (χ2n) is 9.75. The van der Waals surface area contributed by atoms with Crippen molar-refractivity contribution in [2.45, 2.75) is 19.6 Å². The average Bonchev–Trinajstić information content (AvgIpc) is 3.49. The Morgan fingerprint density at radius 1 is 1.11 bits per heavy atom. The number of aromatic amines is 1. The standard InChI is InChI=1S/C27H28N6O3/c1-16-9-20(19-3-4-28-22(19)10-16)25-30-23-21-11-17(13-32-14-18(15-32)34-2)12-29-27(21)36-24(23)26(31-25)33-5-7-35-8-6-33/h3-4,9-12,18,28H,5-8,13-15H2,1-2H3. The van der Waals surface area contributed by atoms with Crippen LogP contribution in [0.5, 0.6) is 0 Å². The maximum atomic E-state index is 6.30. The topological polar surface area (TPSA) is 92.5 Å². The number of nitrogens with one attached hydrogen (secondary N) is 1. The molecule has 9 nitrogen and oxygen atoms in total. The number of methoxy groups -OCH3 is 1. The molecule has 0 bridgehead atoms. The van der Waals surface area contributed by atoms with Crippen LogP contribution in [0.25, 0.3) is 44.5 Å². The minimum absolute atomic E-state index is 0.322. The van der Waals surface area contributed by atoms with Crippen molar-refractivity contribution < 1.29 is 13.9 Å². The zero-order valence-electron chi connectivity index (χ0n) is 20.5. The Morgan fingerprint density at radius 3 is 2.81 bits per heavy atom. The summed E-state index contributed by atoms with van der Waals surface area (Å²) in [6, 6.07) is 8.55. The van der Waals surface area contributed by atoms with Gasteiger partial charge in [-0.1, -0.05) is 0 Å². The van der Waals surface area contributed by atoms with Crippen molar-refractivity contribution in [2.75, 3.05) is 51.4 Å². The number of H-pyrrole nitrogens is 1. The third-order valence-corrected chi connectivity index (χ3v) is 7.24. The molecule has 0 unspecified atom stereocenters. The number of aromatic nitrogens is 4. The minimum atomic E-state index is 0.322. The molecule has 2 aliphatic heterocycles. The van der Waals surface area contributed by atoms with E-state index in [-0.39, 0.29) is 0 Å². The van der Waals surface area contributed by atoms with Gasteiger partial charge in [-0.2, -0.15) is 0 Å². The Bertz CT molecular complexity index is 1580. The van der Waals surface area contributed by atoms with Gasteiger partial charge in [-0.05, 0) is 42.3 Å². The Morgan fingerprint density at radius 2 is 1.97 bits per heavy atom. The fourth-order valence-electron chi connectivity index (χ4n) is 5.31. The number of rotatable bonds is 5. The highest BCUT2D eigenvalue weighted by atomic mass is 16.5. The van der Waals surface area contributed by atoms with E-state index in [4.69, 9.17) is 23.9 Å². The Labute approximate surface area is 208 Å². The molecule has 0 atom stereocenters. The normalized spacial score (nSPS) is 17.4. The van der Waals surface area contributed by atoms with Crippen LogP contribution in [0.4, 0.5) is 5.82 Å². The average molecular weight is 485 g/mol. The van der Waals surface area contributed by atoms with Crippen molar-refractivity contribution in [3.8, 4) is 11.4 Å². The van der Waals surface area contributed by atoms with E-state index >= 15 is 0 Å². The molecule has 2 saturated heterocycles. The molecular weight excluding hydrogens is 456 g/mol. The van der Waals surface area contributed by atoms with E-state index in [1.165, 1.54) is 0 Å². The lowest BCUT2D eigenvalue weighted by Gasteiger charge is -2.38. The molecule has 1 aromatic carbocycles. The van der Waals surface area contributed by atoms with E-state index in [2.05, 4.69) is 51.0 Å². The second-order valence-corrected chi connectivity index (χ2v) is 9.75. The number of morpholine rings is 1. The first-order valence-electron chi connectivity index (χ1n) is 12.4. The largest absolute Gasteiger partial charge is 0.432 e. The zero-order valence-corrected chi connectivity index (χ0v) is 20.5. The predicted octanol–water partition coefficient (Wildman–Crippen LogP) is 3.89. The first-order chi connectivity index (χ1) is 17.7. The van der Waals surface area contributed by atoms with Gasteiger partial charge >= 0.3 is 0 Å². The van der Waals surface area contributed by atoms with Crippen LogP contribution in [0.15, 0.2) is 41.1 Å². The summed E-state index contributed by atoms with van der Waals surface area (Å²) in [5.74, 6) is 1.49. The number of anilines is 1. The number of furan rings is 1. The van der Waals surface area contributed by atoms with Crippen LogP contribution in [-0.4, -0.2) is 77.4 Å². The maximum absolute atomic E-state index is 6.30. The Hall–Kier alpha value is -3.53. The highest BCUT2D eigenvalue weighted by Crippen LogP contribution is 2.37. The molecule has 0 aliphatic carbocycles. The van der Waals surface area contributed by atoms with E-state index in [1.54, 1.807) is 7.11 Å². The summed E-state index contributed by atoms with van der Waals surface area (Å²) >= 11 is 0. The molecule has 36 heavy (non-hydrogen) atoms. The maximum Gasteiger partial charge on any atom is 0.229 e. The first kappa shape index (κ1) is 21.7. The highest BCUT2D eigenvalue weighted by molar-refractivity contribution is 6.06. The van der Waals surface area contributed by atoms with E-state index in [0.717, 1.165) is 77.0 Å². The van der Waals surface area contributed by atoms with Gasteiger partial charge in [0.2, 0.25) is 5.71 Å². The van der Waals surface area contributed by atoms with E-state index < -0.39 is 0 Å². The first-order valence-corrected chi connectivity index (χ1v) is 12.4. The molecule has 5 aromatic rings. The Balaban J connectivity index is 1.40. The van der Waals surface area contributed by atoms with E-state index in [9.17, 15) is 0 Å². The van der Waals surface area contributed by atoms with Crippen LogP contribution in [0.2, 0.25) is 0 Å². The van der Waals surface area contributed by atoms with Gasteiger partial charge in [-0.3, -0.25) is 4.90 Å². The second kappa shape index (κ2) is 8.55. The van der Waals surface area contributed by atoms with Gasteiger partial charge in [0.1, 0.15) is 5.52 Å². The van der Waals surface area contributed by atoms with Crippen molar-refractivity contribution in [2.24, 2.45) is 0 Å². The molecule has 0 spiro atoms. The third kappa shape index (κ3) is 3.62. The van der Waals surface area contributed by atoms with E-state index in [0.29, 0.717) is 36.4 Å². The van der Waals surface area contributed by atoms with Crippen LogP contribution < -0.4 is 4.90 Å². The quantitative estimate of drug-likeness (QED) is 0.402. The summed E-state index contributed by atoms with van der Waals surface area (Å²) in [6.45, 7) is 7.63. The third-order valence-electron chi connectivity index (χ3n) is 7.24. The number of hydrogen-bond donors (Lipinski definition) is 1. The van der Waals surface area contributed by atoms with Crippen LogP contribution in [0.1, 0.15) is 11.1 Å². The van der Waals surface area contributed by atoms with Crippen molar-refractivity contribution in [3.05, 3.63) is 47.8 Å². The lowest BCUT2D eigenvalue weighted by atomic mass is 10.1. The lowest BCUT2D eigenvalue weighted by molar-refractivity contribution is -0.0334. The predicted molar refractivity (Wildman–Crippen MR) is 138 cm³/mol. The van der Waals surface area contributed by atoms with Crippen molar-refractivity contribution in [3.63, 3.8) is 0 Å². The molecule has 2 aliphatic rings. The van der Waals surface area contributed by atoms with Gasteiger partial charge in [0, 0.05) is 68.7 Å². The van der Waals surface area contributed by atoms with Gasteiger partial charge < -0.3 is 23.8 Å². The van der Waals surface area contributed by atoms with Crippen LogP contribution in [-0.2, 0) is 16.0 Å². The SMILES string of the molecule is COC1CN(Cc2cnc3oc4c(N5CCOCC5)nc(-c5cc(C)cc6[nH]ccc56)nc4c3c2)C1. The molecule has 6 heterocycles. The molecule has 4 aromatic heterocycles. The molecule has 9 heteroatoms. The van der Waals surface area contributed by atoms with Gasteiger partial charge in [-0.15, -0.1) is 0 Å². The molecule has 0 radical (unpaired) electrons.